The lowest BCUT2D eigenvalue weighted by Crippen LogP contribution is -2.25. The molecule has 0 atom stereocenters. The van der Waals surface area contributed by atoms with E-state index in [0.717, 1.165) is 0 Å². The maximum Gasteiger partial charge on any atom is 0.274 e. The number of carbonyl (C=O) groups excluding carboxylic acids is 2. The number of imidazole rings is 1. The van der Waals surface area contributed by atoms with Crippen LogP contribution < -0.4 is 5.32 Å². The molecule has 0 bridgehead atoms. The minimum Gasteiger partial charge on any atom is -0.347 e. The zero-order chi connectivity index (χ0) is 24.1. The topological polar surface area (TPSA) is 97.9 Å². The van der Waals surface area contributed by atoms with Gasteiger partial charge in [-0.25, -0.2) is 15.0 Å². The molecular formula is C23H22FN7O2S. The van der Waals surface area contributed by atoms with E-state index in [1.807, 2.05) is 5.38 Å². The highest BCUT2D eigenvalue weighted by Gasteiger charge is 2.13. The highest BCUT2D eigenvalue weighted by molar-refractivity contribution is 7.14. The van der Waals surface area contributed by atoms with Gasteiger partial charge < -0.3 is 14.0 Å². The molecule has 9 nitrogen and oxygen atoms in total. The first kappa shape index (κ1) is 23.1. The van der Waals surface area contributed by atoms with Crippen LogP contribution in [0.5, 0.6) is 0 Å². The van der Waals surface area contributed by atoms with Gasteiger partial charge in [0.2, 0.25) is 11.9 Å². The third kappa shape index (κ3) is 5.81. The van der Waals surface area contributed by atoms with E-state index in [2.05, 4.69) is 20.3 Å². The summed E-state index contributed by atoms with van der Waals surface area (Å²) in [5.74, 6) is -0.895. The molecule has 0 aliphatic heterocycles. The van der Waals surface area contributed by atoms with E-state index in [0.29, 0.717) is 34.3 Å². The molecule has 0 aromatic carbocycles. The van der Waals surface area contributed by atoms with Gasteiger partial charge in [-0.15, -0.1) is 11.3 Å². The van der Waals surface area contributed by atoms with Crippen molar-refractivity contribution in [3.8, 4) is 0 Å². The molecule has 4 rings (SSSR count). The second-order valence-electron chi connectivity index (χ2n) is 7.63. The Labute approximate surface area is 199 Å². The fraction of sp³-hybridized carbons (Fsp3) is 0.174. The van der Waals surface area contributed by atoms with Crippen LogP contribution in [0, 0.1) is 5.95 Å². The number of halogens is 1. The normalized spacial score (nSPS) is 11.1. The van der Waals surface area contributed by atoms with E-state index in [9.17, 15) is 14.0 Å². The van der Waals surface area contributed by atoms with Crippen molar-refractivity contribution in [3.63, 3.8) is 0 Å². The fourth-order valence-electron chi connectivity index (χ4n) is 3.10. The van der Waals surface area contributed by atoms with Gasteiger partial charge in [0.15, 0.2) is 5.13 Å². The monoisotopic (exact) mass is 479 g/mol. The van der Waals surface area contributed by atoms with Crippen molar-refractivity contribution in [2.75, 3.05) is 19.4 Å². The van der Waals surface area contributed by atoms with Gasteiger partial charge in [0, 0.05) is 44.6 Å². The third-order valence-electron chi connectivity index (χ3n) is 4.84. The van der Waals surface area contributed by atoms with Gasteiger partial charge in [0.05, 0.1) is 17.7 Å². The number of anilines is 1. The molecule has 0 unspecified atom stereocenters. The maximum atomic E-state index is 13.4. The number of thiazole rings is 1. The highest BCUT2D eigenvalue weighted by Crippen LogP contribution is 2.19. The molecular weight excluding hydrogens is 457 g/mol. The Hall–Kier alpha value is -4.12. The molecule has 2 amide bonds. The zero-order valence-electron chi connectivity index (χ0n) is 18.6. The van der Waals surface area contributed by atoms with Crippen molar-refractivity contribution in [3.05, 3.63) is 83.2 Å². The molecule has 4 heterocycles. The van der Waals surface area contributed by atoms with Crippen LogP contribution in [0.3, 0.4) is 0 Å². The molecule has 0 aliphatic carbocycles. The first-order chi connectivity index (χ1) is 16.4. The summed E-state index contributed by atoms with van der Waals surface area (Å²) in [6, 6.07) is 6.49. The lowest BCUT2D eigenvalue weighted by molar-refractivity contribution is -0.129. The molecule has 0 radical (unpaired) electrons. The number of hydrogen-bond acceptors (Lipinski definition) is 6. The number of nitrogens with zero attached hydrogens (tertiary/aromatic N) is 6. The summed E-state index contributed by atoms with van der Waals surface area (Å²) in [5.41, 5.74) is 2.49. The predicted octanol–water partition coefficient (Wildman–Crippen LogP) is 3.23. The first-order valence-electron chi connectivity index (χ1n) is 10.3. The number of hydrogen-bond donors (Lipinski definition) is 1. The Balaban J connectivity index is 1.37. The van der Waals surface area contributed by atoms with Crippen LogP contribution in [0.15, 0.2) is 54.6 Å². The number of pyridine rings is 1. The maximum absolute atomic E-state index is 13.4. The average molecular weight is 480 g/mol. The molecule has 0 saturated carbocycles. The van der Waals surface area contributed by atoms with E-state index in [1.165, 1.54) is 28.5 Å². The number of amides is 2. The van der Waals surface area contributed by atoms with Crippen molar-refractivity contribution in [2.24, 2.45) is 0 Å². The molecule has 0 aliphatic rings. The third-order valence-corrected chi connectivity index (χ3v) is 5.62. The number of likely N-dealkylation sites (N-methyl/N-ethyl adjacent to an activating group) is 1. The summed E-state index contributed by atoms with van der Waals surface area (Å²) in [5, 5.41) is 5.07. The van der Waals surface area contributed by atoms with E-state index < -0.39 is 5.95 Å². The average Bonchev–Trinajstić information content (AvgIpc) is 3.54. The SMILES string of the molecule is CN(C)C(=O)Cn1cnc(/C=C/c2csc(NC(=O)c3cccn3Cc3ccnc(F)c3)n2)c1. The lowest BCUT2D eigenvalue weighted by atomic mass is 10.2. The van der Waals surface area contributed by atoms with E-state index in [1.54, 1.807) is 72.3 Å². The Morgan fingerprint density at radius 2 is 2.03 bits per heavy atom. The van der Waals surface area contributed by atoms with Crippen LogP contribution in [0.4, 0.5) is 9.52 Å². The van der Waals surface area contributed by atoms with E-state index in [-0.39, 0.29) is 18.4 Å². The second-order valence-corrected chi connectivity index (χ2v) is 8.49. The molecule has 0 fully saturated rings. The minimum absolute atomic E-state index is 0.0214. The molecule has 0 spiro atoms. The van der Waals surface area contributed by atoms with Crippen molar-refractivity contribution < 1.29 is 14.0 Å². The number of aromatic nitrogens is 5. The van der Waals surface area contributed by atoms with Gasteiger partial charge in [-0.2, -0.15) is 4.39 Å². The number of nitrogens with one attached hydrogen (secondary N) is 1. The molecule has 11 heteroatoms. The molecule has 1 N–H and O–H groups in total. The van der Waals surface area contributed by atoms with Crippen molar-refractivity contribution in [1.29, 1.82) is 0 Å². The Kier molecular flexibility index (Phi) is 6.93. The predicted molar refractivity (Wildman–Crippen MR) is 128 cm³/mol. The lowest BCUT2D eigenvalue weighted by Gasteiger charge is -2.09. The Morgan fingerprint density at radius 1 is 1.21 bits per heavy atom. The van der Waals surface area contributed by atoms with Crippen LogP contribution >= 0.6 is 11.3 Å². The van der Waals surface area contributed by atoms with E-state index in [4.69, 9.17) is 0 Å². The quantitative estimate of drug-likeness (QED) is 0.391. The van der Waals surface area contributed by atoms with Gasteiger partial charge >= 0.3 is 0 Å². The zero-order valence-corrected chi connectivity index (χ0v) is 19.4. The largest absolute Gasteiger partial charge is 0.347 e. The van der Waals surface area contributed by atoms with Crippen LogP contribution in [0.25, 0.3) is 12.2 Å². The molecule has 4 aromatic heterocycles. The molecule has 4 aromatic rings. The van der Waals surface area contributed by atoms with Crippen molar-refractivity contribution in [2.45, 2.75) is 13.1 Å². The number of carbonyl (C=O) groups is 2. The van der Waals surface area contributed by atoms with Gasteiger partial charge in [-0.3, -0.25) is 14.9 Å². The summed E-state index contributed by atoms with van der Waals surface area (Å²) < 4.78 is 16.8. The van der Waals surface area contributed by atoms with E-state index >= 15 is 0 Å². The van der Waals surface area contributed by atoms with Crippen LogP contribution in [0.1, 0.15) is 27.4 Å². The number of rotatable bonds is 8. The first-order valence-corrected chi connectivity index (χ1v) is 11.2. The Bertz CT molecular complexity index is 1340. The van der Waals surface area contributed by atoms with Gasteiger partial charge in [-0.1, -0.05) is 0 Å². The standard InChI is InChI=1S/C23H22FN7O2S/c1-29(2)21(32)13-30-12-17(26-15-30)5-6-18-14-34-23(27-18)28-22(33)19-4-3-9-31(19)11-16-7-8-25-20(24)10-16/h3-10,12,14-15H,11,13H2,1-2H3,(H,27,28,33)/b6-5+. The van der Waals surface area contributed by atoms with Crippen LogP contribution in [-0.2, 0) is 17.9 Å². The summed E-state index contributed by atoms with van der Waals surface area (Å²) in [4.78, 5) is 38.3. The van der Waals surface area contributed by atoms with Gasteiger partial charge in [-0.05, 0) is 42.0 Å². The van der Waals surface area contributed by atoms with Gasteiger partial charge in [0.25, 0.3) is 5.91 Å². The second kappa shape index (κ2) is 10.2. The summed E-state index contributed by atoms with van der Waals surface area (Å²) >= 11 is 1.30. The van der Waals surface area contributed by atoms with Crippen LogP contribution in [0.2, 0.25) is 0 Å². The Morgan fingerprint density at radius 3 is 2.82 bits per heavy atom. The molecule has 174 valence electrons. The molecule has 0 saturated heterocycles. The molecule has 34 heavy (non-hydrogen) atoms. The van der Waals surface area contributed by atoms with Gasteiger partial charge in [0.1, 0.15) is 12.2 Å². The minimum atomic E-state index is -0.562. The fourth-order valence-corrected chi connectivity index (χ4v) is 3.77. The summed E-state index contributed by atoms with van der Waals surface area (Å²) in [6.45, 7) is 0.562. The summed E-state index contributed by atoms with van der Waals surface area (Å²) in [6.07, 6.45) is 10.1. The highest BCUT2D eigenvalue weighted by atomic mass is 32.1. The van der Waals surface area contributed by atoms with Crippen molar-refractivity contribution in [1.82, 2.24) is 29.0 Å². The van der Waals surface area contributed by atoms with Crippen LogP contribution in [-0.4, -0.2) is 54.9 Å². The van der Waals surface area contributed by atoms with Crippen molar-refractivity contribution >= 4 is 40.4 Å². The smallest absolute Gasteiger partial charge is 0.274 e. The summed E-state index contributed by atoms with van der Waals surface area (Å²) in [7, 11) is 3.41.